The van der Waals surface area contributed by atoms with E-state index in [1.54, 1.807) is 12.1 Å². The summed E-state index contributed by atoms with van der Waals surface area (Å²) < 4.78 is 23.8. The molecule has 0 unspecified atom stereocenters. The highest BCUT2D eigenvalue weighted by molar-refractivity contribution is 5.75. The number of hydrogen-bond donors (Lipinski definition) is 1. The molecule has 6 nitrogen and oxygen atoms in total. The van der Waals surface area contributed by atoms with Gasteiger partial charge in [0.1, 0.15) is 11.6 Å². The third kappa shape index (κ3) is 6.41. The van der Waals surface area contributed by atoms with Crippen molar-refractivity contribution in [2.24, 2.45) is 0 Å². The molecule has 1 N–H and O–H groups in total. The summed E-state index contributed by atoms with van der Waals surface area (Å²) in [6.45, 7) is 4.42. The molecule has 0 saturated carbocycles. The van der Waals surface area contributed by atoms with Gasteiger partial charge in [0.25, 0.3) is 0 Å². The Bertz CT molecular complexity index is 921. The monoisotopic (exact) mass is 397 g/mol. The van der Waals surface area contributed by atoms with Crippen LogP contribution >= 0.6 is 0 Å². The smallest absolute Gasteiger partial charge is 0.226 e. The Morgan fingerprint density at radius 2 is 1.86 bits per heavy atom. The Balaban J connectivity index is 1.39. The van der Waals surface area contributed by atoms with Gasteiger partial charge in [0.15, 0.2) is 0 Å². The van der Waals surface area contributed by atoms with Crippen molar-refractivity contribution in [3.63, 3.8) is 0 Å². The molecule has 3 rings (SSSR count). The minimum Gasteiger partial charge on any atom is -0.491 e. The number of hydrogen-bond acceptors (Lipinski definition) is 5. The number of carbonyl (C=O) groups excluding carboxylic acids is 1. The Morgan fingerprint density at radius 1 is 1.14 bits per heavy atom. The molecule has 3 aromatic rings. The van der Waals surface area contributed by atoms with Crippen molar-refractivity contribution >= 4 is 5.91 Å². The Kier molecular flexibility index (Phi) is 6.94. The number of carbonyl (C=O) groups is 1. The van der Waals surface area contributed by atoms with Crippen LogP contribution in [0.2, 0.25) is 0 Å². The van der Waals surface area contributed by atoms with Crippen LogP contribution in [0.4, 0.5) is 4.39 Å². The molecule has 0 spiro atoms. The zero-order chi connectivity index (χ0) is 20.6. The SMILES string of the molecule is CC(C)Oc1ccc(CNC(=O)CCCc2nc(-c3ccc(F)cc3)no2)cc1. The Hall–Kier alpha value is -3.22. The molecule has 1 heterocycles. The maximum Gasteiger partial charge on any atom is 0.226 e. The molecule has 7 heteroatoms. The van der Waals surface area contributed by atoms with Gasteiger partial charge in [-0.25, -0.2) is 4.39 Å². The lowest BCUT2D eigenvalue weighted by Crippen LogP contribution is -2.22. The Labute approximate surface area is 169 Å². The van der Waals surface area contributed by atoms with Crippen molar-refractivity contribution in [3.8, 4) is 17.1 Å². The van der Waals surface area contributed by atoms with E-state index in [2.05, 4.69) is 15.5 Å². The normalized spacial score (nSPS) is 10.9. The van der Waals surface area contributed by atoms with E-state index >= 15 is 0 Å². The number of nitrogens with one attached hydrogen (secondary N) is 1. The second kappa shape index (κ2) is 9.82. The first-order chi connectivity index (χ1) is 14.0. The number of nitrogens with zero attached hydrogens (tertiary/aromatic N) is 2. The summed E-state index contributed by atoms with van der Waals surface area (Å²) >= 11 is 0. The quantitative estimate of drug-likeness (QED) is 0.582. The summed E-state index contributed by atoms with van der Waals surface area (Å²) in [5.41, 5.74) is 1.69. The second-order valence-corrected chi connectivity index (χ2v) is 6.96. The molecule has 1 amide bonds. The molecule has 0 aliphatic heterocycles. The molecule has 29 heavy (non-hydrogen) atoms. The first kappa shape index (κ1) is 20.5. The van der Waals surface area contributed by atoms with E-state index < -0.39 is 0 Å². The summed E-state index contributed by atoms with van der Waals surface area (Å²) in [6.07, 6.45) is 1.59. The van der Waals surface area contributed by atoms with Crippen molar-refractivity contribution in [1.29, 1.82) is 0 Å². The fourth-order valence-corrected chi connectivity index (χ4v) is 2.72. The van der Waals surface area contributed by atoms with Crippen LogP contribution in [0.15, 0.2) is 53.1 Å². The molecule has 152 valence electrons. The van der Waals surface area contributed by atoms with Gasteiger partial charge in [-0.05, 0) is 62.2 Å². The number of rotatable bonds is 9. The van der Waals surface area contributed by atoms with Gasteiger partial charge in [-0.15, -0.1) is 0 Å². The van der Waals surface area contributed by atoms with Crippen molar-refractivity contribution in [2.45, 2.75) is 45.8 Å². The van der Waals surface area contributed by atoms with Gasteiger partial charge in [0.2, 0.25) is 17.6 Å². The summed E-state index contributed by atoms with van der Waals surface area (Å²) in [5, 5.41) is 6.80. The van der Waals surface area contributed by atoms with Crippen LogP contribution < -0.4 is 10.1 Å². The summed E-state index contributed by atoms with van der Waals surface area (Å²) in [4.78, 5) is 16.3. The third-order valence-electron chi connectivity index (χ3n) is 4.15. The first-order valence-corrected chi connectivity index (χ1v) is 9.60. The van der Waals surface area contributed by atoms with Gasteiger partial charge >= 0.3 is 0 Å². The number of benzene rings is 2. The lowest BCUT2D eigenvalue weighted by Gasteiger charge is -2.10. The van der Waals surface area contributed by atoms with Gasteiger partial charge in [-0.1, -0.05) is 17.3 Å². The van der Waals surface area contributed by atoms with Crippen LogP contribution in [-0.4, -0.2) is 22.2 Å². The largest absolute Gasteiger partial charge is 0.491 e. The number of amides is 1. The first-order valence-electron chi connectivity index (χ1n) is 9.60. The molecule has 1 aromatic heterocycles. The van der Waals surface area contributed by atoms with Gasteiger partial charge in [0.05, 0.1) is 6.10 Å². The fraction of sp³-hybridized carbons (Fsp3) is 0.318. The number of ether oxygens (including phenoxy) is 1. The highest BCUT2D eigenvalue weighted by Gasteiger charge is 2.10. The van der Waals surface area contributed by atoms with Crippen LogP contribution in [0.3, 0.4) is 0 Å². The third-order valence-corrected chi connectivity index (χ3v) is 4.15. The zero-order valence-electron chi connectivity index (χ0n) is 16.5. The van der Waals surface area contributed by atoms with Crippen LogP contribution in [-0.2, 0) is 17.8 Å². The molecule has 0 aliphatic carbocycles. The van der Waals surface area contributed by atoms with E-state index in [1.807, 2.05) is 38.1 Å². The van der Waals surface area contributed by atoms with Crippen molar-refractivity contribution in [2.75, 3.05) is 0 Å². The van der Waals surface area contributed by atoms with Crippen molar-refractivity contribution in [3.05, 3.63) is 65.8 Å². The van der Waals surface area contributed by atoms with E-state index in [0.717, 1.165) is 11.3 Å². The summed E-state index contributed by atoms with van der Waals surface area (Å²) in [6, 6.07) is 13.6. The van der Waals surface area contributed by atoms with Crippen molar-refractivity contribution < 1.29 is 18.4 Å². The second-order valence-electron chi connectivity index (χ2n) is 6.96. The predicted octanol–water partition coefficient (Wildman–Crippen LogP) is 4.30. The average Bonchev–Trinajstić information content (AvgIpc) is 3.16. The highest BCUT2D eigenvalue weighted by Crippen LogP contribution is 2.17. The van der Waals surface area contributed by atoms with Crippen LogP contribution in [0.5, 0.6) is 5.75 Å². The predicted molar refractivity (Wildman–Crippen MR) is 107 cm³/mol. The minimum atomic E-state index is -0.316. The van der Waals surface area contributed by atoms with Gasteiger partial charge in [-0.2, -0.15) is 4.98 Å². The maximum atomic E-state index is 13.0. The maximum absolute atomic E-state index is 13.0. The van der Waals surface area contributed by atoms with Crippen LogP contribution in [0, 0.1) is 5.82 Å². The average molecular weight is 397 g/mol. The number of aromatic nitrogens is 2. The molecular weight excluding hydrogens is 373 g/mol. The number of halogens is 1. The van der Waals surface area contributed by atoms with E-state index in [-0.39, 0.29) is 17.8 Å². The summed E-state index contributed by atoms with van der Waals surface area (Å²) in [5.74, 6) is 1.33. The van der Waals surface area contributed by atoms with Crippen LogP contribution in [0.1, 0.15) is 38.1 Å². The van der Waals surface area contributed by atoms with E-state index in [0.29, 0.717) is 43.1 Å². The summed E-state index contributed by atoms with van der Waals surface area (Å²) in [7, 11) is 0. The molecule has 0 radical (unpaired) electrons. The van der Waals surface area contributed by atoms with Crippen molar-refractivity contribution in [1.82, 2.24) is 15.5 Å². The lowest BCUT2D eigenvalue weighted by atomic mass is 10.2. The van der Waals surface area contributed by atoms with E-state index in [4.69, 9.17) is 9.26 Å². The van der Waals surface area contributed by atoms with Gasteiger partial charge in [0, 0.05) is 24.9 Å². The molecular formula is C22H24FN3O3. The standard InChI is InChI=1S/C22H24FN3O3/c1-15(2)28-19-12-6-16(7-13-19)14-24-20(27)4-3-5-21-25-22(26-29-21)17-8-10-18(23)11-9-17/h6-13,15H,3-5,14H2,1-2H3,(H,24,27). The van der Waals surface area contributed by atoms with Gasteiger partial charge < -0.3 is 14.6 Å². The topological polar surface area (TPSA) is 77.2 Å². The zero-order valence-corrected chi connectivity index (χ0v) is 16.5. The molecule has 2 aromatic carbocycles. The number of aryl methyl sites for hydroxylation is 1. The molecule has 0 atom stereocenters. The van der Waals surface area contributed by atoms with Gasteiger partial charge in [-0.3, -0.25) is 4.79 Å². The molecule has 0 aliphatic rings. The van der Waals surface area contributed by atoms with E-state index in [9.17, 15) is 9.18 Å². The fourth-order valence-electron chi connectivity index (χ4n) is 2.72. The highest BCUT2D eigenvalue weighted by atomic mass is 19.1. The lowest BCUT2D eigenvalue weighted by molar-refractivity contribution is -0.121. The van der Waals surface area contributed by atoms with Crippen LogP contribution in [0.25, 0.3) is 11.4 Å². The molecule has 0 bridgehead atoms. The van der Waals surface area contributed by atoms with E-state index in [1.165, 1.54) is 12.1 Å². The molecule has 0 saturated heterocycles. The Morgan fingerprint density at radius 3 is 2.55 bits per heavy atom. The minimum absolute atomic E-state index is 0.0363. The molecule has 0 fully saturated rings.